The van der Waals surface area contributed by atoms with E-state index in [1.165, 1.54) is 23.5 Å². The summed E-state index contributed by atoms with van der Waals surface area (Å²) in [6, 6.07) is 6.20. The van der Waals surface area contributed by atoms with E-state index in [0.29, 0.717) is 13.2 Å². The molecule has 0 amide bonds. The standard InChI is InChI=1S/C11H12FN3OS/c1-16-7-6-13-11-15-14-10(17-11)8-2-4-9(12)5-3-8/h2-5H,6-7H2,1H3,(H,13,15). The Labute approximate surface area is 102 Å². The molecule has 1 aromatic heterocycles. The average Bonchev–Trinajstić information content (AvgIpc) is 2.79. The van der Waals surface area contributed by atoms with Gasteiger partial charge in [-0.1, -0.05) is 11.3 Å². The summed E-state index contributed by atoms with van der Waals surface area (Å²) in [4.78, 5) is 0. The third kappa shape index (κ3) is 3.21. The molecule has 2 rings (SSSR count). The van der Waals surface area contributed by atoms with Crippen molar-refractivity contribution in [3.63, 3.8) is 0 Å². The van der Waals surface area contributed by atoms with Gasteiger partial charge in [-0.05, 0) is 24.3 Å². The SMILES string of the molecule is COCCNc1nnc(-c2ccc(F)cc2)s1. The molecular formula is C11H12FN3OS. The van der Waals surface area contributed by atoms with Crippen LogP contribution in [0, 0.1) is 5.82 Å². The monoisotopic (exact) mass is 253 g/mol. The maximum Gasteiger partial charge on any atom is 0.206 e. The Kier molecular flexibility index (Phi) is 4.00. The highest BCUT2D eigenvalue weighted by Gasteiger charge is 2.05. The molecule has 90 valence electrons. The molecule has 1 aromatic carbocycles. The molecule has 1 N–H and O–H groups in total. The Morgan fingerprint density at radius 2 is 2.06 bits per heavy atom. The lowest BCUT2D eigenvalue weighted by atomic mass is 10.2. The maximum absolute atomic E-state index is 12.8. The molecule has 6 heteroatoms. The molecule has 0 atom stereocenters. The largest absolute Gasteiger partial charge is 0.383 e. The number of hydrogen-bond donors (Lipinski definition) is 1. The number of ether oxygens (including phenoxy) is 1. The Bertz CT molecular complexity index is 472. The second kappa shape index (κ2) is 5.70. The van der Waals surface area contributed by atoms with Crippen LogP contribution in [0.1, 0.15) is 0 Å². The highest BCUT2D eigenvalue weighted by Crippen LogP contribution is 2.26. The second-order valence-electron chi connectivity index (χ2n) is 3.34. The van der Waals surface area contributed by atoms with E-state index in [1.807, 2.05) is 0 Å². The number of nitrogens with zero attached hydrogens (tertiary/aromatic N) is 2. The van der Waals surface area contributed by atoms with E-state index in [2.05, 4.69) is 15.5 Å². The van der Waals surface area contributed by atoms with Gasteiger partial charge in [0.25, 0.3) is 0 Å². The number of benzene rings is 1. The molecule has 17 heavy (non-hydrogen) atoms. The van der Waals surface area contributed by atoms with E-state index >= 15 is 0 Å². The molecule has 0 saturated carbocycles. The van der Waals surface area contributed by atoms with Gasteiger partial charge in [0.2, 0.25) is 5.13 Å². The fraction of sp³-hybridized carbons (Fsp3) is 0.273. The minimum absolute atomic E-state index is 0.253. The number of halogens is 1. The molecular weight excluding hydrogens is 241 g/mol. The van der Waals surface area contributed by atoms with Gasteiger partial charge in [0, 0.05) is 19.2 Å². The Balaban J connectivity index is 2.04. The lowest BCUT2D eigenvalue weighted by Gasteiger charge is -1.98. The third-order valence-electron chi connectivity index (χ3n) is 2.10. The highest BCUT2D eigenvalue weighted by atomic mass is 32.1. The van der Waals surface area contributed by atoms with Crippen LogP contribution in [0.2, 0.25) is 0 Å². The highest BCUT2D eigenvalue weighted by molar-refractivity contribution is 7.18. The number of rotatable bonds is 5. The minimum Gasteiger partial charge on any atom is -0.383 e. The zero-order chi connectivity index (χ0) is 12.1. The van der Waals surface area contributed by atoms with E-state index in [1.54, 1.807) is 19.2 Å². The van der Waals surface area contributed by atoms with Crippen molar-refractivity contribution in [1.82, 2.24) is 10.2 Å². The van der Waals surface area contributed by atoms with Crippen molar-refractivity contribution in [3.8, 4) is 10.6 Å². The first-order chi connectivity index (χ1) is 8.29. The molecule has 0 saturated heterocycles. The first-order valence-corrected chi connectivity index (χ1v) is 5.93. The van der Waals surface area contributed by atoms with Crippen LogP contribution < -0.4 is 5.32 Å². The van der Waals surface area contributed by atoms with Gasteiger partial charge < -0.3 is 10.1 Å². The third-order valence-corrected chi connectivity index (χ3v) is 3.03. The lowest BCUT2D eigenvalue weighted by molar-refractivity contribution is 0.211. The molecule has 0 spiro atoms. The predicted molar refractivity (Wildman–Crippen MR) is 65.7 cm³/mol. The predicted octanol–water partition coefficient (Wildman–Crippen LogP) is 2.40. The number of hydrogen-bond acceptors (Lipinski definition) is 5. The number of methoxy groups -OCH3 is 1. The van der Waals surface area contributed by atoms with Gasteiger partial charge >= 0.3 is 0 Å². The van der Waals surface area contributed by atoms with Crippen molar-refractivity contribution >= 4 is 16.5 Å². The Hall–Kier alpha value is -1.53. The normalized spacial score (nSPS) is 10.5. The van der Waals surface area contributed by atoms with Gasteiger partial charge in [-0.15, -0.1) is 10.2 Å². The van der Waals surface area contributed by atoms with Crippen molar-refractivity contribution in [3.05, 3.63) is 30.1 Å². The lowest BCUT2D eigenvalue weighted by Crippen LogP contribution is -2.06. The van der Waals surface area contributed by atoms with Gasteiger partial charge in [0.05, 0.1) is 6.61 Å². The molecule has 0 fully saturated rings. The van der Waals surface area contributed by atoms with Gasteiger partial charge in [0.15, 0.2) is 0 Å². The first-order valence-electron chi connectivity index (χ1n) is 5.12. The quantitative estimate of drug-likeness (QED) is 0.831. The zero-order valence-electron chi connectivity index (χ0n) is 9.31. The summed E-state index contributed by atoms with van der Waals surface area (Å²) >= 11 is 1.43. The second-order valence-corrected chi connectivity index (χ2v) is 4.32. The minimum atomic E-state index is -0.253. The van der Waals surface area contributed by atoms with E-state index < -0.39 is 0 Å². The number of anilines is 1. The van der Waals surface area contributed by atoms with Gasteiger partial charge in [-0.2, -0.15) is 0 Å². The van der Waals surface area contributed by atoms with Crippen LogP contribution in [0.3, 0.4) is 0 Å². The summed E-state index contributed by atoms with van der Waals surface area (Å²) in [5.41, 5.74) is 0.865. The fourth-order valence-corrected chi connectivity index (χ4v) is 2.04. The van der Waals surface area contributed by atoms with Gasteiger partial charge in [-0.3, -0.25) is 0 Å². The van der Waals surface area contributed by atoms with E-state index in [-0.39, 0.29) is 5.82 Å². The Morgan fingerprint density at radius 1 is 1.29 bits per heavy atom. The van der Waals surface area contributed by atoms with Crippen LogP contribution in [-0.4, -0.2) is 30.5 Å². The number of aromatic nitrogens is 2. The molecule has 0 unspecified atom stereocenters. The molecule has 1 heterocycles. The topological polar surface area (TPSA) is 47.0 Å². The molecule has 0 bridgehead atoms. The van der Waals surface area contributed by atoms with Crippen LogP contribution in [-0.2, 0) is 4.74 Å². The smallest absolute Gasteiger partial charge is 0.206 e. The summed E-state index contributed by atoms with van der Waals surface area (Å²) in [7, 11) is 1.64. The zero-order valence-corrected chi connectivity index (χ0v) is 10.1. The van der Waals surface area contributed by atoms with Crippen molar-refractivity contribution in [1.29, 1.82) is 0 Å². The van der Waals surface area contributed by atoms with Crippen LogP contribution in [0.25, 0.3) is 10.6 Å². The summed E-state index contributed by atoms with van der Waals surface area (Å²) < 4.78 is 17.7. The van der Waals surface area contributed by atoms with E-state index in [9.17, 15) is 4.39 Å². The van der Waals surface area contributed by atoms with Crippen molar-refractivity contribution in [2.45, 2.75) is 0 Å². The summed E-state index contributed by atoms with van der Waals surface area (Å²) in [6.07, 6.45) is 0. The molecule has 0 radical (unpaired) electrons. The van der Waals surface area contributed by atoms with Crippen molar-refractivity contribution in [2.24, 2.45) is 0 Å². The van der Waals surface area contributed by atoms with Crippen LogP contribution >= 0.6 is 11.3 Å². The van der Waals surface area contributed by atoms with Gasteiger partial charge in [-0.25, -0.2) is 4.39 Å². The summed E-state index contributed by atoms with van der Waals surface area (Å²) in [5.74, 6) is -0.253. The molecule has 0 aliphatic carbocycles. The molecule has 0 aliphatic rings. The first kappa shape index (κ1) is 11.9. The maximum atomic E-state index is 12.8. The average molecular weight is 253 g/mol. The fourth-order valence-electron chi connectivity index (χ4n) is 1.26. The Morgan fingerprint density at radius 3 is 2.76 bits per heavy atom. The van der Waals surface area contributed by atoms with Crippen LogP contribution in [0.4, 0.5) is 9.52 Å². The van der Waals surface area contributed by atoms with E-state index in [4.69, 9.17) is 4.74 Å². The van der Waals surface area contributed by atoms with Gasteiger partial charge in [0.1, 0.15) is 10.8 Å². The van der Waals surface area contributed by atoms with Crippen molar-refractivity contribution in [2.75, 3.05) is 25.6 Å². The number of nitrogens with one attached hydrogen (secondary N) is 1. The van der Waals surface area contributed by atoms with Crippen LogP contribution in [0.5, 0.6) is 0 Å². The van der Waals surface area contributed by atoms with Crippen LogP contribution in [0.15, 0.2) is 24.3 Å². The molecule has 2 aromatic rings. The summed E-state index contributed by atoms with van der Waals surface area (Å²) in [5, 5.41) is 12.6. The molecule has 0 aliphatic heterocycles. The van der Waals surface area contributed by atoms with E-state index in [0.717, 1.165) is 15.7 Å². The van der Waals surface area contributed by atoms with Crippen molar-refractivity contribution < 1.29 is 9.13 Å². The summed E-state index contributed by atoms with van der Waals surface area (Å²) in [6.45, 7) is 1.31. The molecule has 4 nitrogen and oxygen atoms in total.